The maximum atomic E-state index is 10.5. The molecule has 0 heterocycles. The van der Waals surface area contributed by atoms with Crippen molar-refractivity contribution in [2.24, 2.45) is 10.9 Å². The zero-order valence-electron chi connectivity index (χ0n) is 10.5. The monoisotopic (exact) mass is 222 g/mol. The molecule has 0 atom stereocenters. The van der Waals surface area contributed by atoms with Crippen LogP contribution in [0, 0.1) is 4.91 Å². The van der Waals surface area contributed by atoms with Crippen molar-refractivity contribution in [3.63, 3.8) is 0 Å². The Morgan fingerprint density at radius 3 is 2.44 bits per heavy atom. The smallest absolute Gasteiger partial charge is 0.111 e. The van der Waals surface area contributed by atoms with Crippen LogP contribution in [0.25, 0.3) is 0 Å². The van der Waals surface area contributed by atoms with E-state index in [1.165, 1.54) is 5.56 Å². The van der Waals surface area contributed by atoms with Crippen LogP contribution in [0.2, 0.25) is 0 Å². The number of hydrogen-bond acceptors (Lipinski definition) is 3. The molecule has 2 N–H and O–H groups in total. The Morgan fingerprint density at radius 1 is 1.25 bits per heavy atom. The highest BCUT2D eigenvalue weighted by Gasteiger charge is 2.03. The van der Waals surface area contributed by atoms with Gasteiger partial charge in [0.25, 0.3) is 0 Å². The number of benzene rings is 1. The second-order valence-corrected chi connectivity index (χ2v) is 3.34. The lowest BCUT2D eigenvalue weighted by atomic mass is 10.0. The lowest BCUT2D eigenvalue weighted by Gasteiger charge is -2.05. The third kappa shape index (κ3) is 4.53. The molecule has 90 valence electrons. The van der Waals surface area contributed by atoms with Crippen LogP contribution in [0.1, 0.15) is 38.3 Å². The van der Waals surface area contributed by atoms with Gasteiger partial charge in [-0.15, -0.1) is 4.91 Å². The predicted octanol–water partition coefficient (Wildman–Crippen LogP) is 3.56. The average molecular weight is 222 g/mol. The molecule has 0 bridgehead atoms. The quantitative estimate of drug-likeness (QED) is 0.774. The van der Waals surface area contributed by atoms with Crippen LogP contribution in [0.5, 0.6) is 0 Å². The number of nitrogens with zero attached hydrogens (tertiary/aromatic N) is 1. The summed E-state index contributed by atoms with van der Waals surface area (Å²) in [4.78, 5) is 10.5. The highest BCUT2D eigenvalue weighted by atomic mass is 16.3. The highest BCUT2D eigenvalue weighted by molar-refractivity contribution is 5.47. The van der Waals surface area contributed by atoms with Crippen LogP contribution in [0.15, 0.2) is 23.4 Å². The lowest BCUT2D eigenvalue weighted by molar-refractivity contribution is 0.909. The van der Waals surface area contributed by atoms with E-state index >= 15 is 0 Å². The van der Waals surface area contributed by atoms with Crippen LogP contribution in [-0.2, 0) is 12.8 Å². The minimum Gasteiger partial charge on any atom is -0.330 e. The second kappa shape index (κ2) is 9.04. The van der Waals surface area contributed by atoms with Crippen molar-refractivity contribution in [1.82, 2.24) is 0 Å². The van der Waals surface area contributed by atoms with Crippen molar-refractivity contribution in [3.05, 3.63) is 34.2 Å². The van der Waals surface area contributed by atoms with E-state index in [2.05, 4.69) is 12.1 Å². The second-order valence-electron chi connectivity index (χ2n) is 3.34. The molecule has 3 heteroatoms. The molecule has 0 saturated carbocycles. The van der Waals surface area contributed by atoms with E-state index in [0.29, 0.717) is 12.2 Å². The number of aryl methyl sites for hydroxylation is 1. The van der Waals surface area contributed by atoms with Gasteiger partial charge in [-0.2, -0.15) is 0 Å². The SMILES string of the molecule is CC.CCCc1cc(CCN)ccc1N=O. The van der Waals surface area contributed by atoms with Gasteiger partial charge in [0.1, 0.15) is 5.69 Å². The summed E-state index contributed by atoms with van der Waals surface area (Å²) in [6.07, 6.45) is 2.78. The van der Waals surface area contributed by atoms with E-state index in [9.17, 15) is 4.91 Å². The van der Waals surface area contributed by atoms with Crippen LogP contribution in [0.4, 0.5) is 5.69 Å². The fourth-order valence-electron chi connectivity index (χ4n) is 1.52. The summed E-state index contributed by atoms with van der Waals surface area (Å²) in [6.45, 7) is 6.73. The van der Waals surface area contributed by atoms with Gasteiger partial charge in [-0.3, -0.25) is 0 Å². The van der Waals surface area contributed by atoms with Crippen molar-refractivity contribution in [2.75, 3.05) is 6.54 Å². The van der Waals surface area contributed by atoms with Crippen LogP contribution in [0.3, 0.4) is 0 Å². The minimum atomic E-state index is 0.563. The van der Waals surface area contributed by atoms with Gasteiger partial charge in [-0.1, -0.05) is 39.3 Å². The number of nitroso groups, excluding NO2 is 1. The zero-order valence-corrected chi connectivity index (χ0v) is 10.5. The van der Waals surface area contributed by atoms with Crippen LogP contribution < -0.4 is 5.73 Å². The maximum absolute atomic E-state index is 10.5. The molecule has 0 amide bonds. The molecule has 0 aromatic heterocycles. The number of rotatable bonds is 5. The van der Waals surface area contributed by atoms with Crippen molar-refractivity contribution in [3.8, 4) is 0 Å². The first-order valence-corrected chi connectivity index (χ1v) is 5.97. The molecule has 1 aromatic carbocycles. The Balaban J connectivity index is 0.00000106. The Morgan fingerprint density at radius 2 is 1.94 bits per heavy atom. The molecule has 0 radical (unpaired) electrons. The normalized spacial score (nSPS) is 9.25. The van der Waals surface area contributed by atoms with E-state index in [-0.39, 0.29) is 0 Å². The summed E-state index contributed by atoms with van der Waals surface area (Å²) in [6, 6.07) is 5.73. The maximum Gasteiger partial charge on any atom is 0.111 e. The van der Waals surface area contributed by atoms with Crippen molar-refractivity contribution < 1.29 is 0 Å². The van der Waals surface area contributed by atoms with Gasteiger partial charge in [0.2, 0.25) is 0 Å². The highest BCUT2D eigenvalue weighted by Crippen LogP contribution is 2.22. The number of hydrogen-bond donors (Lipinski definition) is 1. The zero-order chi connectivity index (χ0) is 12.4. The van der Waals surface area contributed by atoms with E-state index in [1.807, 2.05) is 26.0 Å². The van der Waals surface area contributed by atoms with E-state index in [1.54, 1.807) is 6.07 Å². The van der Waals surface area contributed by atoms with Gasteiger partial charge in [0, 0.05) is 0 Å². The summed E-state index contributed by atoms with van der Waals surface area (Å²) in [5.74, 6) is 0. The molecule has 0 aliphatic heterocycles. The molecule has 0 unspecified atom stereocenters. The summed E-state index contributed by atoms with van der Waals surface area (Å²) < 4.78 is 0. The Labute approximate surface area is 98.0 Å². The van der Waals surface area contributed by atoms with Gasteiger partial charge >= 0.3 is 0 Å². The molecular weight excluding hydrogens is 200 g/mol. The van der Waals surface area contributed by atoms with Crippen LogP contribution >= 0.6 is 0 Å². The first kappa shape index (κ1) is 14.8. The Bertz CT molecular complexity index is 311. The molecule has 0 aliphatic carbocycles. The first-order valence-electron chi connectivity index (χ1n) is 5.97. The molecule has 1 rings (SSSR count). The Kier molecular flexibility index (Phi) is 8.35. The largest absolute Gasteiger partial charge is 0.330 e. The molecule has 0 aliphatic rings. The van der Waals surface area contributed by atoms with Crippen molar-refractivity contribution in [2.45, 2.75) is 40.0 Å². The van der Waals surface area contributed by atoms with E-state index in [0.717, 1.165) is 24.8 Å². The molecule has 1 aromatic rings. The third-order valence-electron chi connectivity index (χ3n) is 2.19. The van der Waals surface area contributed by atoms with Crippen molar-refractivity contribution >= 4 is 5.69 Å². The van der Waals surface area contributed by atoms with Crippen molar-refractivity contribution in [1.29, 1.82) is 0 Å². The van der Waals surface area contributed by atoms with Gasteiger partial charge in [-0.05, 0) is 41.8 Å². The third-order valence-corrected chi connectivity index (χ3v) is 2.19. The van der Waals surface area contributed by atoms with Gasteiger partial charge in [0.05, 0.1) is 0 Å². The standard InChI is InChI=1S/C11H16N2O.C2H6/c1-2-3-10-8-9(6-7-12)4-5-11(10)13-14;1-2/h4-5,8H,2-3,6-7,12H2,1H3;1-2H3. The van der Waals surface area contributed by atoms with Gasteiger partial charge in [-0.25, -0.2) is 0 Å². The molecule has 0 fully saturated rings. The minimum absolute atomic E-state index is 0.563. The van der Waals surface area contributed by atoms with E-state index < -0.39 is 0 Å². The summed E-state index contributed by atoms with van der Waals surface area (Å²) in [7, 11) is 0. The topological polar surface area (TPSA) is 55.4 Å². The number of nitrogens with two attached hydrogens (primary N) is 1. The average Bonchev–Trinajstić information content (AvgIpc) is 2.33. The molecule has 0 spiro atoms. The molecule has 3 nitrogen and oxygen atoms in total. The van der Waals surface area contributed by atoms with Gasteiger partial charge < -0.3 is 5.73 Å². The lowest BCUT2D eigenvalue weighted by Crippen LogP contribution is -2.03. The predicted molar refractivity (Wildman–Crippen MR) is 70.0 cm³/mol. The summed E-state index contributed by atoms with van der Waals surface area (Å²) >= 11 is 0. The van der Waals surface area contributed by atoms with Gasteiger partial charge in [0.15, 0.2) is 0 Å². The summed E-state index contributed by atoms with van der Waals surface area (Å²) in [5, 5.41) is 3.01. The van der Waals surface area contributed by atoms with Crippen LogP contribution in [-0.4, -0.2) is 6.54 Å². The summed E-state index contributed by atoms with van der Waals surface area (Å²) in [5.41, 5.74) is 8.25. The molecule has 16 heavy (non-hydrogen) atoms. The molecule has 0 saturated heterocycles. The fraction of sp³-hybridized carbons (Fsp3) is 0.538. The van der Waals surface area contributed by atoms with E-state index in [4.69, 9.17) is 5.73 Å². The first-order chi connectivity index (χ1) is 7.81. The fourth-order valence-corrected chi connectivity index (χ4v) is 1.52. The molecular formula is C13H22N2O. The Hall–Kier alpha value is -1.22.